The summed E-state index contributed by atoms with van der Waals surface area (Å²) in [6, 6.07) is 2.39. The normalized spacial score (nSPS) is 15.1. The second-order valence-electron chi connectivity index (χ2n) is 3.92. The van der Waals surface area contributed by atoms with E-state index in [0.717, 1.165) is 6.07 Å². The zero-order chi connectivity index (χ0) is 13.3. The maximum atomic E-state index is 11.8. The third-order valence-corrected chi connectivity index (χ3v) is 2.77. The molecule has 0 aromatic carbocycles. The highest BCUT2D eigenvalue weighted by Crippen LogP contribution is 2.22. The zero-order valence-electron chi connectivity index (χ0n) is 9.58. The van der Waals surface area contributed by atoms with Crippen LogP contribution < -0.4 is 5.32 Å². The Morgan fingerprint density at radius 3 is 2.67 bits per heavy atom. The second-order valence-corrected chi connectivity index (χ2v) is 3.92. The van der Waals surface area contributed by atoms with Crippen LogP contribution in [0.15, 0.2) is 16.5 Å². The maximum Gasteiger partial charge on any atom is 0.433 e. The molecule has 1 aliphatic heterocycles. The molecule has 2 rings (SSSR count). The third kappa shape index (κ3) is 2.04. The van der Waals surface area contributed by atoms with Crippen LogP contribution >= 0.6 is 0 Å². The minimum atomic E-state index is -0.708. The van der Waals surface area contributed by atoms with Gasteiger partial charge >= 0.3 is 5.88 Å². The van der Waals surface area contributed by atoms with Crippen molar-refractivity contribution >= 4 is 17.7 Å². The largest absolute Gasteiger partial charge is 0.433 e. The molecular formula is C10H11N3O5. The number of hydrogen-bond acceptors (Lipinski definition) is 5. The van der Waals surface area contributed by atoms with Crippen LogP contribution in [0.4, 0.5) is 5.88 Å². The molecule has 0 spiro atoms. The van der Waals surface area contributed by atoms with E-state index in [1.54, 1.807) is 0 Å². The molecule has 1 saturated heterocycles. The van der Waals surface area contributed by atoms with Gasteiger partial charge in [0.15, 0.2) is 5.76 Å². The lowest BCUT2D eigenvalue weighted by atomic mass is 9.99. The predicted molar refractivity (Wildman–Crippen MR) is 58.8 cm³/mol. The van der Waals surface area contributed by atoms with E-state index in [0.29, 0.717) is 13.1 Å². The summed E-state index contributed by atoms with van der Waals surface area (Å²) in [5.74, 6) is -1.34. The van der Waals surface area contributed by atoms with Gasteiger partial charge in [0.2, 0.25) is 5.91 Å². The van der Waals surface area contributed by atoms with Crippen LogP contribution in [0, 0.1) is 16.0 Å². The van der Waals surface area contributed by atoms with Gasteiger partial charge < -0.3 is 14.6 Å². The first-order chi connectivity index (χ1) is 8.52. The van der Waals surface area contributed by atoms with Gasteiger partial charge in [-0.25, -0.2) is 0 Å². The van der Waals surface area contributed by atoms with Gasteiger partial charge in [-0.1, -0.05) is 0 Å². The van der Waals surface area contributed by atoms with Gasteiger partial charge in [-0.3, -0.25) is 19.7 Å². The highest BCUT2D eigenvalue weighted by Gasteiger charge is 2.36. The van der Waals surface area contributed by atoms with E-state index in [9.17, 15) is 19.7 Å². The first kappa shape index (κ1) is 12.1. The Kier molecular flexibility index (Phi) is 3.00. The fourth-order valence-corrected chi connectivity index (χ4v) is 1.71. The van der Waals surface area contributed by atoms with Crippen molar-refractivity contribution < 1.29 is 18.9 Å². The minimum absolute atomic E-state index is 0.0861. The lowest BCUT2D eigenvalue weighted by Gasteiger charge is -2.37. The SMILES string of the molecule is CNC(=O)C1CN(C(=O)c2ccc([N+](=O)[O-])o2)C1. The van der Waals surface area contributed by atoms with Crippen molar-refractivity contribution in [1.29, 1.82) is 0 Å². The lowest BCUT2D eigenvalue weighted by molar-refractivity contribution is -0.402. The number of furan rings is 1. The number of carbonyl (C=O) groups excluding carboxylic acids is 2. The summed E-state index contributed by atoms with van der Waals surface area (Å²) in [5, 5.41) is 12.9. The van der Waals surface area contributed by atoms with Crippen LogP contribution in [0.1, 0.15) is 10.6 Å². The van der Waals surface area contributed by atoms with Gasteiger partial charge in [-0.05, 0) is 6.07 Å². The Hall–Kier alpha value is -2.38. The monoisotopic (exact) mass is 253 g/mol. The number of nitrogens with zero attached hydrogens (tertiary/aromatic N) is 2. The number of nitro groups is 1. The topological polar surface area (TPSA) is 106 Å². The molecule has 2 amide bonds. The van der Waals surface area contributed by atoms with Crippen molar-refractivity contribution in [3.05, 3.63) is 28.0 Å². The Morgan fingerprint density at radius 2 is 2.17 bits per heavy atom. The second kappa shape index (κ2) is 4.47. The van der Waals surface area contributed by atoms with Gasteiger partial charge in [0.1, 0.15) is 4.92 Å². The quantitative estimate of drug-likeness (QED) is 0.603. The molecule has 2 heterocycles. The van der Waals surface area contributed by atoms with Crippen molar-refractivity contribution in [1.82, 2.24) is 10.2 Å². The van der Waals surface area contributed by atoms with E-state index >= 15 is 0 Å². The zero-order valence-corrected chi connectivity index (χ0v) is 9.58. The van der Waals surface area contributed by atoms with Crippen molar-refractivity contribution in [2.24, 2.45) is 5.92 Å². The first-order valence-corrected chi connectivity index (χ1v) is 5.28. The van der Waals surface area contributed by atoms with E-state index in [2.05, 4.69) is 5.32 Å². The number of rotatable bonds is 3. The number of likely N-dealkylation sites (tertiary alicyclic amines) is 1. The maximum absolute atomic E-state index is 11.8. The summed E-state index contributed by atoms with van der Waals surface area (Å²) >= 11 is 0. The van der Waals surface area contributed by atoms with Crippen molar-refractivity contribution in [3.63, 3.8) is 0 Å². The van der Waals surface area contributed by atoms with Crippen LogP contribution in [-0.2, 0) is 4.79 Å². The van der Waals surface area contributed by atoms with Crippen LogP contribution in [0.5, 0.6) is 0 Å². The van der Waals surface area contributed by atoms with Gasteiger partial charge in [0, 0.05) is 20.1 Å². The average molecular weight is 253 g/mol. The Balaban J connectivity index is 1.97. The average Bonchev–Trinajstić information content (AvgIpc) is 2.75. The van der Waals surface area contributed by atoms with E-state index < -0.39 is 16.7 Å². The number of nitrogens with one attached hydrogen (secondary N) is 1. The summed E-state index contributed by atoms with van der Waals surface area (Å²) in [6.45, 7) is 0.597. The van der Waals surface area contributed by atoms with Crippen LogP contribution in [0.3, 0.4) is 0 Å². The fraction of sp³-hybridized carbons (Fsp3) is 0.400. The van der Waals surface area contributed by atoms with Gasteiger partial charge in [-0.2, -0.15) is 0 Å². The summed E-state index contributed by atoms with van der Waals surface area (Å²) in [4.78, 5) is 34.1. The number of carbonyl (C=O) groups is 2. The molecule has 1 aromatic heterocycles. The predicted octanol–water partition coefficient (Wildman–Crippen LogP) is 0.00580. The van der Waals surface area contributed by atoms with Gasteiger partial charge in [-0.15, -0.1) is 0 Å². The summed E-state index contributed by atoms with van der Waals surface area (Å²) in [5.41, 5.74) is 0. The summed E-state index contributed by atoms with van der Waals surface area (Å²) < 4.78 is 4.79. The molecule has 0 radical (unpaired) electrons. The highest BCUT2D eigenvalue weighted by molar-refractivity contribution is 5.94. The van der Waals surface area contributed by atoms with Gasteiger partial charge in [0.25, 0.3) is 5.91 Å². The molecule has 18 heavy (non-hydrogen) atoms. The number of amides is 2. The van der Waals surface area contributed by atoms with E-state index in [4.69, 9.17) is 4.42 Å². The first-order valence-electron chi connectivity index (χ1n) is 5.28. The lowest BCUT2D eigenvalue weighted by Crippen LogP contribution is -2.55. The molecule has 96 valence electrons. The molecule has 0 unspecified atom stereocenters. The molecule has 8 heteroatoms. The van der Waals surface area contributed by atoms with Crippen molar-refractivity contribution in [2.75, 3.05) is 20.1 Å². The standard InChI is InChI=1S/C10H11N3O5/c1-11-9(14)6-4-12(5-6)10(15)7-2-3-8(18-7)13(16)17/h2-3,6H,4-5H2,1H3,(H,11,14). The Bertz CT molecular complexity index is 503. The molecule has 1 fully saturated rings. The fourth-order valence-electron chi connectivity index (χ4n) is 1.71. The third-order valence-electron chi connectivity index (χ3n) is 2.77. The molecule has 1 aliphatic rings. The van der Waals surface area contributed by atoms with E-state index in [1.165, 1.54) is 18.0 Å². The molecule has 0 bridgehead atoms. The number of hydrogen-bond donors (Lipinski definition) is 1. The molecular weight excluding hydrogens is 242 g/mol. The molecule has 8 nitrogen and oxygen atoms in total. The molecule has 0 atom stereocenters. The molecule has 0 aliphatic carbocycles. The van der Waals surface area contributed by atoms with Crippen molar-refractivity contribution in [2.45, 2.75) is 0 Å². The van der Waals surface area contributed by atoms with E-state index in [1.807, 2.05) is 0 Å². The Labute approximate surface area is 102 Å². The van der Waals surface area contributed by atoms with Crippen LogP contribution in [0.25, 0.3) is 0 Å². The summed E-state index contributed by atoms with van der Waals surface area (Å²) in [6.07, 6.45) is 0. The highest BCUT2D eigenvalue weighted by atomic mass is 16.6. The Morgan fingerprint density at radius 1 is 1.50 bits per heavy atom. The van der Waals surface area contributed by atoms with Crippen LogP contribution in [0.2, 0.25) is 0 Å². The molecule has 1 aromatic rings. The van der Waals surface area contributed by atoms with Crippen molar-refractivity contribution in [3.8, 4) is 0 Å². The smallest absolute Gasteiger partial charge is 0.395 e. The summed E-state index contributed by atoms with van der Waals surface area (Å²) in [7, 11) is 1.53. The van der Waals surface area contributed by atoms with Crippen LogP contribution in [-0.4, -0.2) is 41.8 Å². The molecule has 0 saturated carbocycles. The van der Waals surface area contributed by atoms with E-state index in [-0.39, 0.29) is 17.6 Å². The minimum Gasteiger partial charge on any atom is -0.395 e. The van der Waals surface area contributed by atoms with Gasteiger partial charge in [0.05, 0.1) is 12.0 Å². The molecule has 1 N–H and O–H groups in total.